The first-order valence-electron chi connectivity index (χ1n) is 8.02. The number of phenolic OH excluding ortho intramolecular Hbond substituents is 1. The number of hydrazone groups is 1. The predicted molar refractivity (Wildman–Crippen MR) is 95.5 cm³/mol. The van der Waals surface area contributed by atoms with Crippen molar-refractivity contribution in [3.8, 4) is 5.75 Å². The molecule has 0 aliphatic carbocycles. The first kappa shape index (κ1) is 16.7. The summed E-state index contributed by atoms with van der Waals surface area (Å²) in [5.74, 6) is -0.749. The summed E-state index contributed by atoms with van der Waals surface area (Å²) < 4.78 is 0. The molecule has 2 amide bonds. The highest BCUT2D eigenvalue weighted by Crippen LogP contribution is 2.25. The zero-order chi connectivity index (χ0) is 17.8. The quantitative estimate of drug-likeness (QED) is 0.663. The third-order valence-electron chi connectivity index (χ3n) is 4.16. The molecule has 2 aromatic rings. The van der Waals surface area contributed by atoms with Gasteiger partial charge in [-0.25, -0.2) is 5.43 Å². The van der Waals surface area contributed by atoms with E-state index >= 15 is 0 Å². The van der Waals surface area contributed by atoms with Crippen LogP contribution in [-0.4, -0.2) is 29.7 Å². The number of phenols is 1. The monoisotopic (exact) mass is 337 g/mol. The minimum atomic E-state index is -0.449. The minimum absolute atomic E-state index is 0.0753. The van der Waals surface area contributed by atoms with Crippen LogP contribution in [0.5, 0.6) is 5.75 Å². The van der Waals surface area contributed by atoms with Crippen LogP contribution < -0.4 is 10.3 Å². The number of para-hydroxylation sites is 1. The van der Waals surface area contributed by atoms with E-state index in [1.807, 2.05) is 31.2 Å². The summed E-state index contributed by atoms with van der Waals surface area (Å²) in [5, 5.41) is 13.5. The van der Waals surface area contributed by atoms with Crippen LogP contribution in [0.25, 0.3) is 0 Å². The fourth-order valence-electron chi connectivity index (χ4n) is 2.71. The Morgan fingerprint density at radius 1 is 1.24 bits per heavy atom. The smallest absolute Gasteiger partial charge is 0.245 e. The number of aryl methyl sites for hydroxylation is 1. The lowest BCUT2D eigenvalue weighted by molar-refractivity contribution is -0.126. The fourth-order valence-corrected chi connectivity index (χ4v) is 2.71. The Morgan fingerprint density at radius 2 is 1.96 bits per heavy atom. The van der Waals surface area contributed by atoms with Gasteiger partial charge < -0.3 is 10.0 Å². The zero-order valence-corrected chi connectivity index (χ0v) is 13.8. The van der Waals surface area contributed by atoms with Crippen molar-refractivity contribution >= 4 is 23.7 Å². The van der Waals surface area contributed by atoms with Crippen LogP contribution in [0.3, 0.4) is 0 Å². The lowest BCUT2D eigenvalue weighted by atomic mass is 10.1. The Kier molecular flexibility index (Phi) is 4.79. The molecule has 1 saturated heterocycles. The second kappa shape index (κ2) is 7.17. The average Bonchev–Trinajstić information content (AvgIpc) is 2.99. The van der Waals surface area contributed by atoms with E-state index < -0.39 is 5.92 Å². The zero-order valence-electron chi connectivity index (χ0n) is 13.8. The molecule has 1 unspecified atom stereocenters. The summed E-state index contributed by atoms with van der Waals surface area (Å²) in [6.07, 6.45) is 1.54. The van der Waals surface area contributed by atoms with E-state index in [-0.39, 0.29) is 24.0 Å². The molecule has 0 saturated carbocycles. The van der Waals surface area contributed by atoms with E-state index in [4.69, 9.17) is 0 Å². The molecule has 0 radical (unpaired) electrons. The first-order chi connectivity index (χ1) is 12.0. The highest BCUT2D eigenvalue weighted by molar-refractivity contribution is 6.00. The number of aromatic hydroxyl groups is 1. The molecule has 1 heterocycles. The van der Waals surface area contributed by atoms with E-state index in [9.17, 15) is 14.7 Å². The summed E-state index contributed by atoms with van der Waals surface area (Å²) in [7, 11) is 0. The summed E-state index contributed by atoms with van der Waals surface area (Å²) in [4.78, 5) is 26.0. The maximum absolute atomic E-state index is 12.2. The highest BCUT2D eigenvalue weighted by Gasteiger charge is 2.35. The molecular weight excluding hydrogens is 318 g/mol. The molecule has 2 N–H and O–H groups in total. The van der Waals surface area contributed by atoms with Gasteiger partial charge in [-0.3, -0.25) is 9.59 Å². The van der Waals surface area contributed by atoms with Crippen molar-refractivity contribution in [3.05, 3.63) is 59.7 Å². The topological polar surface area (TPSA) is 82.0 Å². The Balaban J connectivity index is 1.61. The Labute approximate surface area is 145 Å². The van der Waals surface area contributed by atoms with Gasteiger partial charge in [-0.15, -0.1) is 0 Å². The Hall–Kier alpha value is -3.15. The van der Waals surface area contributed by atoms with Crippen LogP contribution in [0.2, 0.25) is 0 Å². The molecule has 6 heteroatoms. The first-order valence-corrected chi connectivity index (χ1v) is 8.02. The van der Waals surface area contributed by atoms with E-state index in [1.165, 1.54) is 12.3 Å². The van der Waals surface area contributed by atoms with Gasteiger partial charge in [-0.1, -0.05) is 29.8 Å². The molecule has 0 aromatic heterocycles. The number of hydrogen-bond donors (Lipinski definition) is 2. The summed E-state index contributed by atoms with van der Waals surface area (Å²) in [6, 6.07) is 14.3. The largest absolute Gasteiger partial charge is 0.507 e. The Morgan fingerprint density at radius 3 is 2.68 bits per heavy atom. The van der Waals surface area contributed by atoms with Crippen LogP contribution in [0.4, 0.5) is 5.69 Å². The molecule has 2 aromatic carbocycles. The molecule has 25 heavy (non-hydrogen) atoms. The van der Waals surface area contributed by atoms with E-state index in [1.54, 1.807) is 23.1 Å². The number of rotatable bonds is 4. The van der Waals surface area contributed by atoms with Gasteiger partial charge in [0.15, 0.2) is 0 Å². The minimum Gasteiger partial charge on any atom is -0.507 e. The van der Waals surface area contributed by atoms with E-state index in [0.29, 0.717) is 12.1 Å². The van der Waals surface area contributed by atoms with Gasteiger partial charge in [0, 0.05) is 24.2 Å². The van der Waals surface area contributed by atoms with Crippen LogP contribution >= 0.6 is 0 Å². The van der Waals surface area contributed by atoms with Gasteiger partial charge in [0.2, 0.25) is 11.8 Å². The van der Waals surface area contributed by atoms with Crippen molar-refractivity contribution in [3.63, 3.8) is 0 Å². The van der Waals surface area contributed by atoms with Crippen molar-refractivity contribution in [1.29, 1.82) is 0 Å². The Bertz CT molecular complexity index is 815. The third kappa shape index (κ3) is 3.85. The summed E-state index contributed by atoms with van der Waals surface area (Å²) in [5.41, 5.74) is 4.86. The SMILES string of the molecule is Cc1ccc(N2CC(C(=O)N/N=C/c3ccccc3O)CC2=O)cc1. The van der Waals surface area contributed by atoms with Gasteiger partial charge in [0.05, 0.1) is 12.1 Å². The molecule has 1 atom stereocenters. The molecule has 6 nitrogen and oxygen atoms in total. The van der Waals surface area contributed by atoms with E-state index in [2.05, 4.69) is 10.5 Å². The molecule has 1 fully saturated rings. The average molecular weight is 337 g/mol. The van der Waals surface area contributed by atoms with Crippen molar-refractivity contribution in [2.24, 2.45) is 11.0 Å². The number of amides is 2. The van der Waals surface area contributed by atoms with Gasteiger partial charge in [-0.05, 0) is 31.2 Å². The molecule has 128 valence electrons. The maximum atomic E-state index is 12.2. The maximum Gasteiger partial charge on any atom is 0.245 e. The van der Waals surface area contributed by atoms with Crippen molar-refractivity contribution in [2.75, 3.05) is 11.4 Å². The number of nitrogens with one attached hydrogen (secondary N) is 1. The molecule has 0 spiro atoms. The predicted octanol–water partition coefficient (Wildman–Crippen LogP) is 2.20. The van der Waals surface area contributed by atoms with Gasteiger partial charge in [0.25, 0.3) is 0 Å². The van der Waals surface area contributed by atoms with Crippen molar-refractivity contribution in [1.82, 2.24) is 5.43 Å². The number of benzene rings is 2. The molecule has 1 aliphatic rings. The van der Waals surface area contributed by atoms with E-state index in [0.717, 1.165) is 11.3 Å². The number of hydrogen-bond acceptors (Lipinski definition) is 4. The lowest BCUT2D eigenvalue weighted by Crippen LogP contribution is -2.30. The number of carbonyl (C=O) groups excluding carboxylic acids is 2. The highest BCUT2D eigenvalue weighted by atomic mass is 16.3. The van der Waals surface area contributed by atoms with Crippen molar-refractivity contribution in [2.45, 2.75) is 13.3 Å². The van der Waals surface area contributed by atoms with Gasteiger partial charge in [-0.2, -0.15) is 5.10 Å². The molecular formula is C19H19N3O3. The van der Waals surface area contributed by atoms with Crippen LogP contribution in [0.1, 0.15) is 17.5 Å². The van der Waals surface area contributed by atoms with Crippen LogP contribution in [0, 0.1) is 12.8 Å². The lowest BCUT2D eigenvalue weighted by Gasteiger charge is -2.16. The second-order valence-corrected chi connectivity index (χ2v) is 6.03. The molecule has 0 bridgehead atoms. The third-order valence-corrected chi connectivity index (χ3v) is 4.16. The van der Waals surface area contributed by atoms with Crippen LogP contribution in [-0.2, 0) is 9.59 Å². The standard InChI is InChI=1S/C19H19N3O3/c1-13-6-8-16(9-7-13)22-12-15(10-18(22)24)19(25)21-20-11-14-4-2-3-5-17(14)23/h2-9,11,15,23H,10,12H2,1H3,(H,21,25)/b20-11+. The normalized spacial score (nSPS) is 17.2. The number of nitrogens with zero attached hydrogens (tertiary/aromatic N) is 2. The number of carbonyl (C=O) groups is 2. The summed E-state index contributed by atoms with van der Waals surface area (Å²) in [6.45, 7) is 2.31. The molecule has 3 rings (SSSR count). The summed E-state index contributed by atoms with van der Waals surface area (Å²) >= 11 is 0. The van der Waals surface area contributed by atoms with Gasteiger partial charge >= 0.3 is 0 Å². The molecule has 1 aliphatic heterocycles. The van der Waals surface area contributed by atoms with Gasteiger partial charge in [0.1, 0.15) is 5.75 Å². The fraction of sp³-hybridized carbons (Fsp3) is 0.211. The second-order valence-electron chi connectivity index (χ2n) is 6.03. The number of anilines is 1. The van der Waals surface area contributed by atoms with Crippen LogP contribution in [0.15, 0.2) is 53.6 Å². The van der Waals surface area contributed by atoms with Crippen molar-refractivity contribution < 1.29 is 14.7 Å².